The fourth-order valence-electron chi connectivity index (χ4n) is 6.22. The molecule has 0 amide bonds. The summed E-state index contributed by atoms with van der Waals surface area (Å²) in [5, 5.41) is 15.9. The van der Waals surface area contributed by atoms with Crippen molar-refractivity contribution in [2.45, 2.75) is 55.4 Å². The molecule has 0 spiro atoms. The van der Waals surface area contributed by atoms with Crippen molar-refractivity contribution in [3.05, 3.63) is 202 Å². The molecule has 4 aromatic carbocycles. The van der Waals surface area contributed by atoms with E-state index in [9.17, 15) is 0 Å². The van der Waals surface area contributed by atoms with Crippen LogP contribution in [0.5, 0.6) is 0 Å². The molecule has 0 aliphatic heterocycles. The maximum absolute atomic E-state index is 3.99. The van der Waals surface area contributed by atoms with Crippen LogP contribution in [-0.2, 0) is 0 Å². The lowest BCUT2D eigenvalue weighted by molar-refractivity contribution is 0.620. The molecule has 0 fully saturated rings. The molecule has 0 unspecified atom stereocenters. The first-order valence-electron chi connectivity index (χ1n) is 18.2. The van der Waals surface area contributed by atoms with Gasteiger partial charge in [0.05, 0.1) is 22.8 Å². The molecular weight excluding hydrogens is 633 g/mol. The number of hydrogen-bond acceptors (Lipinski definition) is 4. The first-order valence-corrected chi connectivity index (χ1v) is 18.2. The average molecular weight is 685 g/mol. The van der Waals surface area contributed by atoms with E-state index in [0.717, 1.165) is 78.9 Å². The Labute approximate surface area is 311 Å². The molecule has 0 heterocycles. The Bertz CT molecular complexity index is 1990. The summed E-state index contributed by atoms with van der Waals surface area (Å²) >= 11 is 0. The smallest absolute Gasteiger partial charge is 0.0890 e. The maximum Gasteiger partial charge on any atom is 0.0890 e. The zero-order chi connectivity index (χ0) is 36.9. The standard InChI is InChI=1S/C48H52N4/c1-33-17-9-13-21-39(33)49-43(37-25-29-47(5,6)30-26-37)45(51-41-23-15-11-19-35(41)3)46(52-42-24-16-12-20-36(42)4)44(38-27-31-48(7,8)32-28-38)50-40-22-14-10-18-34(40)2/h9-32,49-52H,1-8H3/b46-45+. The zero-order valence-corrected chi connectivity index (χ0v) is 31.9. The molecule has 4 nitrogen and oxygen atoms in total. The average Bonchev–Trinajstić information content (AvgIpc) is 3.11. The Morgan fingerprint density at radius 1 is 0.365 bits per heavy atom. The maximum atomic E-state index is 3.99. The number of hydrogen-bond donors (Lipinski definition) is 4. The molecule has 2 aliphatic carbocycles. The molecule has 0 bridgehead atoms. The molecule has 0 radical (unpaired) electrons. The minimum atomic E-state index is -0.0587. The summed E-state index contributed by atoms with van der Waals surface area (Å²) in [7, 11) is 0. The fourth-order valence-corrected chi connectivity index (χ4v) is 6.22. The van der Waals surface area contributed by atoms with Gasteiger partial charge >= 0.3 is 0 Å². The van der Waals surface area contributed by atoms with Gasteiger partial charge in [0, 0.05) is 33.6 Å². The fraction of sp³-hybridized carbons (Fsp3) is 0.208. The Morgan fingerprint density at radius 2 is 0.615 bits per heavy atom. The number of nitrogens with one attached hydrogen (secondary N) is 4. The third-order valence-electron chi connectivity index (χ3n) is 9.72. The van der Waals surface area contributed by atoms with E-state index in [1.807, 2.05) is 0 Å². The molecule has 4 N–H and O–H groups in total. The van der Waals surface area contributed by atoms with Gasteiger partial charge in [0.15, 0.2) is 0 Å². The van der Waals surface area contributed by atoms with Gasteiger partial charge < -0.3 is 21.3 Å². The summed E-state index contributed by atoms with van der Waals surface area (Å²) in [6, 6.07) is 33.9. The molecule has 6 rings (SSSR count). The second-order valence-corrected chi connectivity index (χ2v) is 15.1. The van der Waals surface area contributed by atoms with Gasteiger partial charge in [0.25, 0.3) is 0 Å². The molecule has 0 atom stereocenters. The quantitative estimate of drug-likeness (QED) is 0.134. The predicted molar refractivity (Wildman–Crippen MR) is 224 cm³/mol. The van der Waals surface area contributed by atoms with E-state index < -0.39 is 0 Å². The summed E-state index contributed by atoms with van der Waals surface area (Å²) in [5.74, 6) is 0. The molecule has 0 saturated heterocycles. The van der Waals surface area contributed by atoms with Gasteiger partial charge in [0.2, 0.25) is 0 Å². The van der Waals surface area contributed by atoms with Gasteiger partial charge in [-0.05, 0) is 85.4 Å². The third-order valence-corrected chi connectivity index (χ3v) is 9.72. The molecule has 0 saturated carbocycles. The van der Waals surface area contributed by atoms with Crippen molar-refractivity contribution >= 4 is 22.7 Å². The molecule has 264 valence electrons. The van der Waals surface area contributed by atoms with E-state index in [1.54, 1.807) is 0 Å². The van der Waals surface area contributed by atoms with Crippen molar-refractivity contribution in [3.63, 3.8) is 0 Å². The third kappa shape index (κ3) is 8.58. The number of anilines is 4. The van der Waals surface area contributed by atoms with Crippen LogP contribution in [0.1, 0.15) is 49.9 Å². The van der Waals surface area contributed by atoms with Crippen molar-refractivity contribution in [1.29, 1.82) is 0 Å². The summed E-state index contributed by atoms with van der Waals surface area (Å²) < 4.78 is 0. The SMILES string of the molecule is Cc1ccccc1NC(=C1C=CC(C)(C)C=C1)/C(Nc1ccccc1C)=C(\Nc1ccccc1C)C(Nc1ccccc1C)=C1C=CC(C)(C)C=C1. The van der Waals surface area contributed by atoms with E-state index in [0.29, 0.717) is 0 Å². The predicted octanol–water partition coefficient (Wildman–Crippen LogP) is 12.7. The highest BCUT2D eigenvalue weighted by molar-refractivity contribution is 5.75. The van der Waals surface area contributed by atoms with Crippen LogP contribution in [0, 0.1) is 38.5 Å². The first kappa shape index (κ1) is 36.1. The highest BCUT2D eigenvalue weighted by Crippen LogP contribution is 2.37. The van der Waals surface area contributed by atoms with Crippen LogP contribution in [0.4, 0.5) is 22.7 Å². The molecule has 2 aliphatic rings. The van der Waals surface area contributed by atoms with Crippen molar-refractivity contribution in [1.82, 2.24) is 0 Å². The van der Waals surface area contributed by atoms with Crippen molar-refractivity contribution in [2.75, 3.05) is 21.3 Å². The van der Waals surface area contributed by atoms with Crippen LogP contribution >= 0.6 is 0 Å². The van der Waals surface area contributed by atoms with Crippen molar-refractivity contribution in [2.24, 2.45) is 10.8 Å². The number of rotatable bonds is 10. The second-order valence-electron chi connectivity index (χ2n) is 15.1. The molecule has 0 aromatic heterocycles. The van der Waals surface area contributed by atoms with Crippen LogP contribution in [0.15, 0.2) is 180 Å². The summed E-state index contributed by atoms with van der Waals surface area (Å²) in [6.45, 7) is 17.5. The Morgan fingerprint density at radius 3 is 0.885 bits per heavy atom. The van der Waals surface area contributed by atoms with Crippen molar-refractivity contribution < 1.29 is 0 Å². The molecule has 4 heteroatoms. The number of para-hydroxylation sites is 4. The second kappa shape index (κ2) is 15.2. The summed E-state index contributed by atoms with van der Waals surface area (Å²) in [5.41, 5.74) is 14.4. The lowest BCUT2D eigenvalue weighted by atomic mass is 9.86. The van der Waals surface area contributed by atoms with Gasteiger partial charge in [-0.1, -0.05) is 149 Å². The van der Waals surface area contributed by atoms with Crippen molar-refractivity contribution in [3.8, 4) is 0 Å². The Kier molecular flexibility index (Phi) is 10.6. The van der Waals surface area contributed by atoms with Crippen LogP contribution in [-0.4, -0.2) is 0 Å². The summed E-state index contributed by atoms with van der Waals surface area (Å²) in [4.78, 5) is 0. The zero-order valence-electron chi connectivity index (χ0n) is 31.9. The number of benzene rings is 4. The minimum absolute atomic E-state index is 0.0587. The van der Waals surface area contributed by atoms with Gasteiger partial charge in [-0.25, -0.2) is 0 Å². The first-order chi connectivity index (χ1) is 24.9. The van der Waals surface area contributed by atoms with Gasteiger partial charge in [0.1, 0.15) is 0 Å². The van der Waals surface area contributed by atoms with Crippen LogP contribution in [0.25, 0.3) is 0 Å². The number of allylic oxidation sites excluding steroid dienone is 10. The number of aryl methyl sites for hydroxylation is 4. The molecule has 52 heavy (non-hydrogen) atoms. The van der Waals surface area contributed by atoms with Crippen LogP contribution < -0.4 is 21.3 Å². The topological polar surface area (TPSA) is 48.1 Å². The lowest BCUT2D eigenvalue weighted by Crippen LogP contribution is -2.23. The highest BCUT2D eigenvalue weighted by Gasteiger charge is 2.26. The monoisotopic (exact) mass is 684 g/mol. The normalized spacial score (nSPS) is 15.9. The van der Waals surface area contributed by atoms with Gasteiger partial charge in [-0.2, -0.15) is 0 Å². The van der Waals surface area contributed by atoms with Gasteiger partial charge in [-0.15, -0.1) is 0 Å². The van der Waals surface area contributed by atoms with Crippen LogP contribution in [0.2, 0.25) is 0 Å². The van der Waals surface area contributed by atoms with E-state index in [2.05, 4.69) is 222 Å². The van der Waals surface area contributed by atoms with E-state index >= 15 is 0 Å². The Hall–Kier alpha value is -5.74. The van der Waals surface area contributed by atoms with E-state index in [-0.39, 0.29) is 10.8 Å². The highest BCUT2D eigenvalue weighted by atomic mass is 15.1. The lowest BCUT2D eigenvalue weighted by Gasteiger charge is -2.29. The molecular formula is C48H52N4. The summed E-state index contributed by atoms with van der Waals surface area (Å²) in [6.07, 6.45) is 18.1. The minimum Gasteiger partial charge on any atom is -0.353 e. The Balaban J connectivity index is 1.74. The van der Waals surface area contributed by atoms with Gasteiger partial charge in [-0.3, -0.25) is 0 Å². The van der Waals surface area contributed by atoms with Crippen LogP contribution in [0.3, 0.4) is 0 Å². The van der Waals surface area contributed by atoms with E-state index in [1.165, 1.54) is 0 Å². The largest absolute Gasteiger partial charge is 0.353 e. The molecule has 4 aromatic rings. The van der Waals surface area contributed by atoms with E-state index in [4.69, 9.17) is 0 Å².